The Kier molecular flexibility index (Phi) is 5.34. The number of urea groups is 2. The fourth-order valence-electron chi connectivity index (χ4n) is 2.42. The predicted octanol–water partition coefficient (Wildman–Crippen LogP) is 0.744. The summed E-state index contributed by atoms with van der Waals surface area (Å²) < 4.78 is 27.4. The SMILES string of the molecule is C=CCNC(=O)NC(=O)CN1C(=O)N[C@@](C)(c2cc(F)ccc2F)C1=O. The zero-order chi connectivity index (χ0) is 19.5. The highest BCUT2D eigenvalue weighted by atomic mass is 19.1. The largest absolute Gasteiger partial charge is 0.334 e. The van der Waals surface area contributed by atoms with E-state index in [0.29, 0.717) is 4.90 Å². The summed E-state index contributed by atoms with van der Waals surface area (Å²) in [6.45, 7) is 3.92. The molecule has 0 unspecified atom stereocenters. The molecule has 1 heterocycles. The Balaban J connectivity index is 2.15. The van der Waals surface area contributed by atoms with E-state index in [1.165, 1.54) is 13.0 Å². The maximum atomic E-state index is 14.0. The molecule has 0 bridgehead atoms. The number of benzene rings is 1. The van der Waals surface area contributed by atoms with Gasteiger partial charge in [0.2, 0.25) is 5.91 Å². The van der Waals surface area contributed by atoms with Crippen LogP contribution in [0.25, 0.3) is 0 Å². The van der Waals surface area contributed by atoms with E-state index in [1.54, 1.807) is 0 Å². The maximum Gasteiger partial charge on any atom is 0.325 e. The van der Waals surface area contributed by atoms with Gasteiger partial charge >= 0.3 is 12.1 Å². The van der Waals surface area contributed by atoms with Crippen molar-refractivity contribution >= 4 is 23.9 Å². The van der Waals surface area contributed by atoms with Crippen LogP contribution in [0.15, 0.2) is 30.9 Å². The number of hydrogen-bond donors (Lipinski definition) is 3. The van der Waals surface area contributed by atoms with E-state index in [1.807, 2.05) is 5.32 Å². The van der Waals surface area contributed by atoms with Crippen LogP contribution in [0.2, 0.25) is 0 Å². The number of imide groups is 2. The molecule has 26 heavy (non-hydrogen) atoms. The van der Waals surface area contributed by atoms with Gasteiger partial charge in [-0.2, -0.15) is 0 Å². The second-order valence-electron chi connectivity index (χ2n) is 5.62. The van der Waals surface area contributed by atoms with Gasteiger partial charge in [0, 0.05) is 12.1 Å². The Morgan fingerprint density at radius 3 is 2.69 bits per heavy atom. The Morgan fingerprint density at radius 2 is 2.04 bits per heavy atom. The number of halogens is 2. The summed E-state index contributed by atoms with van der Waals surface area (Å²) in [5.74, 6) is -3.56. The smallest absolute Gasteiger partial charge is 0.325 e. The van der Waals surface area contributed by atoms with Gasteiger partial charge in [-0.05, 0) is 25.1 Å². The number of nitrogens with zero attached hydrogens (tertiary/aromatic N) is 1. The van der Waals surface area contributed by atoms with E-state index >= 15 is 0 Å². The molecule has 1 aromatic rings. The van der Waals surface area contributed by atoms with Gasteiger partial charge in [0.05, 0.1) is 0 Å². The minimum absolute atomic E-state index is 0.110. The van der Waals surface area contributed by atoms with Crippen LogP contribution in [-0.2, 0) is 15.1 Å². The van der Waals surface area contributed by atoms with Crippen LogP contribution in [0.3, 0.4) is 0 Å². The number of rotatable bonds is 5. The molecular weight excluding hydrogens is 350 g/mol. The van der Waals surface area contributed by atoms with E-state index in [-0.39, 0.29) is 12.1 Å². The average molecular weight is 366 g/mol. The molecule has 0 saturated carbocycles. The summed E-state index contributed by atoms with van der Waals surface area (Å²) in [7, 11) is 0. The van der Waals surface area contributed by atoms with Crippen LogP contribution in [0.4, 0.5) is 18.4 Å². The quantitative estimate of drug-likeness (QED) is 0.528. The minimum atomic E-state index is -1.88. The number of hydrogen-bond acceptors (Lipinski definition) is 4. The summed E-state index contributed by atoms with van der Waals surface area (Å²) >= 11 is 0. The molecule has 138 valence electrons. The van der Waals surface area contributed by atoms with Crippen molar-refractivity contribution < 1.29 is 28.0 Å². The number of carbonyl (C=O) groups excluding carboxylic acids is 4. The van der Waals surface area contributed by atoms with Gasteiger partial charge < -0.3 is 10.6 Å². The van der Waals surface area contributed by atoms with E-state index in [4.69, 9.17) is 0 Å². The van der Waals surface area contributed by atoms with Gasteiger partial charge in [0.15, 0.2) is 0 Å². The highest BCUT2D eigenvalue weighted by molar-refractivity contribution is 6.10. The molecule has 1 aromatic carbocycles. The van der Waals surface area contributed by atoms with Crippen molar-refractivity contribution in [1.29, 1.82) is 0 Å². The third-order valence-electron chi connectivity index (χ3n) is 3.70. The molecule has 3 N–H and O–H groups in total. The molecule has 0 aliphatic carbocycles. The summed E-state index contributed by atoms with van der Waals surface area (Å²) in [4.78, 5) is 48.3. The fraction of sp³-hybridized carbons (Fsp3) is 0.250. The van der Waals surface area contributed by atoms with E-state index in [9.17, 15) is 28.0 Å². The Labute approximate surface area is 147 Å². The normalized spacial score (nSPS) is 19.1. The maximum absolute atomic E-state index is 14.0. The highest BCUT2D eigenvalue weighted by Crippen LogP contribution is 2.31. The zero-order valence-corrected chi connectivity index (χ0v) is 13.8. The Bertz CT molecular complexity index is 798. The van der Waals surface area contributed by atoms with Gasteiger partial charge in [-0.25, -0.2) is 18.4 Å². The Morgan fingerprint density at radius 1 is 1.35 bits per heavy atom. The van der Waals surface area contributed by atoms with Gasteiger partial charge in [-0.15, -0.1) is 6.58 Å². The monoisotopic (exact) mass is 366 g/mol. The Hall–Kier alpha value is -3.30. The minimum Gasteiger partial charge on any atom is -0.334 e. The first-order valence-corrected chi connectivity index (χ1v) is 7.47. The van der Waals surface area contributed by atoms with Crippen molar-refractivity contribution in [2.45, 2.75) is 12.5 Å². The molecule has 10 heteroatoms. The molecule has 1 fully saturated rings. The van der Waals surface area contributed by atoms with Crippen LogP contribution in [0, 0.1) is 11.6 Å². The first-order valence-electron chi connectivity index (χ1n) is 7.47. The van der Waals surface area contributed by atoms with Gasteiger partial charge in [0.1, 0.15) is 23.7 Å². The number of amides is 6. The molecule has 0 spiro atoms. The second-order valence-corrected chi connectivity index (χ2v) is 5.62. The molecule has 0 aromatic heterocycles. The van der Waals surface area contributed by atoms with Gasteiger partial charge in [-0.1, -0.05) is 6.08 Å². The van der Waals surface area contributed by atoms with Crippen LogP contribution in [0.1, 0.15) is 12.5 Å². The third kappa shape index (κ3) is 3.68. The molecule has 6 amide bonds. The summed E-state index contributed by atoms with van der Waals surface area (Å²) in [5.41, 5.74) is -2.25. The first kappa shape index (κ1) is 19.0. The van der Waals surface area contributed by atoms with Crippen LogP contribution in [-0.4, -0.2) is 41.9 Å². The predicted molar refractivity (Wildman–Crippen MR) is 85.7 cm³/mol. The second kappa shape index (κ2) is 7.30. The molecule has 2 rings (SSSR count). The molecule has 1 saturated heterocycles. The summed E-state index contributed by atoms with van der Waals surface area (Å²) in [5, 5.41) is 6.45. The van der Waals surface area contributed by atoms with Crippen molar-refractivity contribution in [1.82, 2.24) is 20.9 Å². The fourth-order valence-corrected chi connectivity index (χ4v) is 2.42. The average Bonchev–Trinajstić information content (AvgIpc) is 2.79. The van der Waals surface area contributed by atoms with Crippen molar-refractivity contribution in [3.8, 4) is 0 Å². The molecular formula is C16H16F2N4O4. The molecule has 1 aliphatic rings. The van der Waals surface area contributed by atoms with Crippen LogP contribution < -0.4 is 16.0 Å². The van der Waals surface area contributed by atoms with E-state index in [2.05, 4.69) is 17.2 Å². The number of carbonyl (C=O) groups is 4. The van der Waals surface area contributed by atoms with Crippen molar-refractivity contribution in [3.63, 3.8) is 0 Å². The molecule has 1 aliphatic heterocycles. The van der Waals surface area contributed by atoms with Gasteiger partial charge in [-0.3, -0.25) is 19.8 Å². The van der Waals surface area contributed by atoms with Crippen molar-refractivity contribution in [2.75, 3.05) is 13.1 Å². The standard InChI is InChI=1S/C16H16F2N4O4/c1-3-6-19-14(25)20-12(23)8-22-13(24)16(2,21-15(22)26)10-7-9(17)4-5-11(10)18/h3-5,7H,1,6,8H2,2H3,(H,21,26)(H2,19,20,23,25)/t16-/m0/s1. The van der Waals surface area contributed by atoms with Gasteiger partial charge in [0.25, 0.3) is 5.91 Å². The van der Waals surface area contributed by atoms with Crippen molar-refractivity contribution in [3.05, 3.63) is 48.1 Å². The zero-order valence-electron chi connectivity index (χ0n) is 13.8. The van der Waals surface area contributed by atoms with E-state index < -0.39 is 47.6 Å². The van der Waals surface area contributed by atoms with E-state index in [0.717, 1.165) is 18.2 Å². The number of nitrogens with one attached hydrogen (secondary N) is 3. The lowest BCUT2D eigenvalue weighted by Gasteiger charge is -2.22. The summed E-state index contributed by atoms with van der Waals surface area (Å²) in [6, 6.07) is 0.689. The van der Waals surface area contributed by atoms with Crippen LogP contribution >= 0.6 is 0 Å². The highest BCUT2D eigenvalue weighted by Gasteiger charge is 2.50. The third-order valence-corrected chi connectivity index (χ3v) is 3.70. The lowest BCUT2D eigenvalue weighted by atomic mass is 9.91. The lowest BCUT2D eigenvalue weighted by molar-refractivity contribution is -0.134. The topological polar surface area (TPSA) is 108 Å². The molecule has 0 radical (unpaired) electrons. The van der Waals surface area contributed by atoms with Crippen molar-refractivity contribution in [2.24, 2.45) is 0 Å². The molecule has 8 nitrogen and oxygen atoms in total. The first-order chi connectivity index (χ1) is 12.2. The summed E-state index contributed by atoms with van der Waals surface area (Å²) in [6.07, 6.45) is 1.39. The van der Waals surface area contributed by atoms with Crippen LogP contribution in [0.5, 0.6) is 0 Å². The molecule has 1 atom stereocenters. The lowest BCUT2D eigenvalue weighted by Crippen LogP contribution is -2.47.